The van der Waals surface area contributed by atoms with Gasteiger partial charge in [-0.25, -0.2) is 54.6 Å². The smallest absolute Gasteiger partial charge is 0.341 e. The summed E-state index contributed by atoms with van der Waals surface area (Å²) in [7, 11) is 0. The first kappa shape index (κ1) is 98.8. The summed E-state index contributed by atoms with van der Waals surface area (Å²) in [6.45, 7) is 39.5. The molecule has 2 unspecified atom stereocenters. The third kappa shape index (κ3) is 23.3. The van der Waals surface area contributed by atoms with Crippen molar-refractivity contribution in [2.24, 2.45) is 17.8 Å². The highest BCUT2D eigenvalue weighted by Gasteiger charge is 2.40. The van der Waals surface area contributed by atoms with Crippen molar-refractivity contribution in [3.05, 3.63) is 154 Å². The van der Waals surface area contributed by atoms with Crippen LogP contribution >= 0.6 is 0 Å². The lowest BCUT2D eigenvalue weighted by atomic mass is 9.96. The zero-order valence-electron chi connectivity index (χ0n) is 79.8. The van der Waals surface area contributed by atoms with Crippen molar-refractivity contribution in [1.82, 2.24) is 99.3 Å². The summed E-state index contributed by atoms with van der Waals surface area (Å²) in [6, 6.07) is 1.29. The van der Waals surface area contributed by atoms with Crippen LogP contribution in [0.2, 0.25) is 0 Å². The van der Waals surface area contributed by atoms with Crippen LogP contribution in [0.15, 0.2) is 126 Å². The Morgan fingerprint density at radius 2 is 0.713 bits per heavy atom. The van der Waals surface area contributed by atoms with Gasteiger partial charge in [0.05, 0.1) is 38.1 Å². The molecule has 3 saturated carbocycles. The van der Waals surface area contributed by atoms with Crippen molar-refractivity contribution in [3.63, 3.8) is 0 Å². The van der Waals surface area contributed by atoms with Gasteiger partial charge in [-0.15, -0.1) is 0 Å². The van der Waals surface area contributed by atoms with Gasteiger partial charge in [0.15, 0.2) is 5.78 Å². The number of hydrogen-bond donors (Lipinski definition) is 10. The molecule has 8 aliphatic rings. The largest absolute Gasteiger partial charge is 0.456 e. The number of ketones is 2. The summed E-state index contributed by atoms with van der Waals surface area (Å²) in [5.74, 6) is 0.300. The quantitative estimate of drug-likeness (QED) is 0.0153. The SMILES string of the molecule is C=CC(=O)N1C[C@H](Nc2ncnc3[nH]cc(C(=O)C(C)(F)F)c23)CC[C@@H]1C.C=CC(=O)N1C[C@H](Nc2ncnc3[nH]cc(C(=O)C4CC4)c23)CC[C@@H]1C.C=CC(=O)N1C[C@H](Nc2ncnc3[nH]cc(C(=O)OC(C)(C)C)c23)CC[C@@H]1C.C=CC(=O)N1C[C@H](Nc2ncnc3[nH]cc(C4CCCC4)c23)CC[C@@H]1C.C=CC(=O)N1C[C@H](Nc2ncnc3[nH]cc(CC4CCC(CC)C4)c23)CC[C@@H]1C. The van der Waals surface area contributed by atoms with Gasteiger partial charge in [0.25, 0.3) is 0 Å². The molecule has 5 saturated heterocycles. The van der Waals surface area contributed by atoms with Crippen LogP contribution < -0.4 is 26.6 Å². The summed E-state index contributed by atoms with van der Waals surface area (Å²) in [4.78, 5) is 166. The Balaban J connectivity index is 0.000000136. The number of H-pyrrole nitrogens is 5. The van der Waals surface area contributed by atoms with Crippen molar-refractivity contribution in [2.75, 3.05) is 59.3 Å². The predicted octanol–water partition coefficient (Wildman–Crippen LogP) is 16.1. The highest BCUT2D eigenvalue weighted by molar-refractivity contribution is 6.14. The van der Waals surface area contributed by atoms with Gasteiger partial charge in [-0.2, -0.15) is 8.78 Å². The first-order valence-corrected chi connectivity index (χ1v) is 48.0. The van der Waals surface area contributed by atoms with Crippen LogP contribution in [0, 0.1) is 17.8 Å². The third-order valence-corrected chi connectivity index (χ3v) is 27.9. The standard InChI is InChI=1S/C23H33N5O.C20H27N5O3.C20H27N5O.C19H23N5O2.C18H21F2N5O2/c1-4-16-7-8-17(10-16)11-18-12-24-22-21(18)23(26-14-25-22)27-19-9-6-15(3)28(13-19)20(29)5-2;1-6-15(26)25-10-13(8-7-12(25)2)24-18-16-14(19(27)28-20(3,4)5)9-21-17(16)22-11-23-18;1-3-17(26)25-11-15(9-8-13(25)2)24-20-18-16(14-6-4-5-7-14)10-21-19(18)22-12-23-20;1-3-15(25)24-9-13(7-4-11(24)2)23-19-16-14(17(26)12-5-6-12)8-20-18(16)21-10-22-19;1-4-13(26)25-8-11(6-5-10(25)2)24-17-14-12(15(27)18(3,19)20)7-21-16(14)22-9-23-17/h5,12,14-17,19H,2,4,6-11,13H2,1,3H3,(H2,24,25,26,27);6,9,11-13H,1,7-8,10H2,2-5H3,(H2,21,22,23,24);3,10,12-15H,1,4-9,11H2,2H3,(H2,21,22,23,24);3,8,10-13H,1,4-7,9H2,2H3,(H2,20,21,22,23);4,7,9-11H,1,5-6,8H2,2-3H3,(H2,21,22,23,24)/t15-,16?,17?,19+;12-,13+;13-,15+;11-,13+;10-,11+/m00000/s1. The van der Waals surface area contributed by atoms with E-state index in [0.29, 0.717) is 96.5 Å². The molecule has 18 rings (SSSR count). The van der Waals surface area contributed by atoms with E-state index in [1.54, 1.807) is 34.8 Å². The number of Topliss-reactive ketones (excluding diaryl/α,β-unsaturated/α-hetero) is 2. The summed E-state index contributed by atoms with van der Waals surface area (Å²) >= 11 is 0. The first-order chi connectivity index (χ1) is 65.2. The van der Waals surface area contributed by atoms with E-state index in [-0.39, 0.29) is 113 Å². The van der Waals surface area contributed by atoms with Crippen molar-refractivity contribution in [3.8, 4) is 0 Å². The predicted molar refractivity (Wildman–Crippen MR) is 523 cm³/mol. The van der Waals surface area contributed by atoms with E-state index in [9.17, 15) is 47.1 Å². The van der Waals surface area contributed by atoms with Crippen molar-refractivity contribution >= 4 is 131 Å². The number of alkyl halides is 2. The lowest BCUT2D eigenvalue weighted by Gasteiger charge is -2.38. The van der Waals surface area contributed by atoms with Crippen LogP contribution in [-0.4, -0.2) is 251 Å². The number of piperidine rings is 5. The van der Waals surface area contributed by atoms with Gasteiger partial charge >= 0.3 is 11.9 Å². The van der Waals surface area contributed by atoms with Crippen LogP contribution in [0.5, 0.6) is 0 Å². The molecule has 0 aromatic carbocycles. The molecule has 12 atom stereocenters. The van der Waals surface area contributed by atoms with Gasteiger partial charge in [0, 0.05) is 143 Å². The molecule has 0 bridgehead atoms. The molecular weight excluding hydrogens is 1730 g/mol. The topological polar surface area (TPSA) is 430 Å². The van der Waals surface area contributed by atoms with E-state index in [4.69, 9.17) is 4.74 Å². The van der Waals surface area contributed by atoms with Crippen molar-refractivity contribution in [2.45, 2.75) is 282 Å². The van der Waals surface area contributed by atoms with Gasteiger partial charge in [-0.05, 0) is 224 Å². The number of hydrogen-bond acceptors (Lipinski definition) is 24. The van der Waals surface area contributed by atoms with Gasteiger partial charge in [-0.1, -0.05) is 65.5 Å². The number of ether oxygens (including phenoxy) is 1. The molecule has 36 heteroatoms. The van der Waals surface area contributed by atoms with Crippen LogP contribution in [0.4, 0.5) is 37.9 Å². The minimum absolute atomic E-state index is 0.00474. The Kier molecular flexibility index (Phi) is 31.7. The minimum atomic E-state index is -3.50. The van der Waals surface area contributed by atoms with Crippen LogP contribution in [0.1, 0.15) is 246 Å². The van der Waals surface area contributed by atoms with Crippen LogP contribution in [0.25, 0.3) is 55.2 Å². The maximum absolute atomic E-state index is 13.5. The molecule has 5 aliphatic heterocycles. The van der Waals surface area contributed by atoms with Crippen molar-refractivity contribution in [1.29, 1.82) is 0 Å². The number of aromatic amines is 5. The number of amides is 5. The molecule has 3 aliphatic carbocycles. The van der Waals surface area contributed by atoms with Gasteiger partial charge < -0.3 is 80.7 Å². The number of carbonyl (C=O) groups is 8. The molecule has 0 spiro atoms. The molecule has 10 N–H and O–H groups in total. The van der Waals surface area contributed by atoms with E-state index >= 15 is 0 Å². The highest BCUT2D eigenvalue weighted by Crippen LogP contribution is 2.43. The third-order valence-electron chi connectivity index (χ3n) is 27.9. The maximum atomic E-state index is 13.5. The summed E-state index contributed by atoms with van der Waals surface area (Å²) in [5, 5.41) is 21.1. The molecular formula is C100H131F2N25O9. The number of likely N-dealkylation sites (tertiary alicyclic amines) is 5. The fraction of sp³-hybridized carbons (Fsp3) is 0.520. The molecule has 8 fully saturated rings. The molecule has 724 valence electrons. The second-order valence-corrected chi connectivity index (χ2v) is 38.7. The fourth-order valence-corrected chi connectivity index (χ4v) is 20.1. The maximum Gasteiger partial charge on any atom is 0.341 e. The number of rotatable bonds is 24. The number of carbonyl (C=O) groups excluding carboxylic acids is 8. The molecule has 34 nitrogen and oxygen atoms in total. The Bertz CT molecular complexity index is 6010. The van der Waals surface area contributed by atoms with E-state index in [2.05, 4.69) is 174 Å². The number of aromatic nitrogens is 15. The lowest BCUT2D eigenvalue weighted by molar-refractivity contribution is -0.130. The number of esters is 1. The van der Waals surface area contributed by atoms with Gasteiger partial charge in [-0.3, -0.25) is 33.6 Å². The highest BCUT2D eigenvalue weighted by atomic mass is 19.3. The Morgan fingerprint density at radius 3 is 1.07 bits per heavy atom. The molecule has 10 aromatic heterocycles. The second kappa shape index (κ2) is 43.7. The molecule has 15 heterocycles. The first-order valence-electron chi connectivity index (χ1n) is 48.0. The van der Waals surface area contributed by atoms with E-state index in [1.165, 1.54) is 118 Å². The van der Waals surface area contributed by atoms with Crippen LogP contribution in [0.3, 0.4) is 0 Å². The number of halogens is 2. The zero-order valence-corrected chi connectivity index (χ0v) is 79.8. The average molecular weight is 1870 g/mol. The normalized spacial score (nSPS) is 23.0. The minimum Gasteiger partial charge on any atom is -0.456 e. The van der Waals surface area contributed by atoms with Gasteiger partial charge in [0.2, 0.25) is 35.3 Å². The Labute approximate surface area is 791 Å². The fourth-order valence-electron chi connectivity index (χ4n) is 20.1. The number of fused-ring (bicyclic) bond motifs is 5. The van der Waals surface area contributed by atoms with E-state index in [1.807, 2.05) is 49.3 Å². The summed E-state index contributed by atoms with van der Waals surface area (Å²) < 4.78 is 32.6. The Morgan fingerprint density at radius 1 is 0.397 bits per heavy atom. The van der Waals surface area contributed by atoms with E-state index in [0.717, 1.165) is 134 Å². The lowest BCUT2D eigenvalue weighted by Crippen LogP contribution is -2.49. The second-order valence-electron chi connectivity index (χ2n) is 38.7. The number of nitrogens with one attached hydrogen (secondary N) is 10. The average Bonchev–Trinajstić information content (AvgIpc) is 1.62. The van der Waals surface area contributed by atoms with Crippen LogP contribution in [-0.2, 0) is 35.1 Å². The summed E-state index contributed by atoms with van der Waals surface area (Å²) in [6.07, 6.45) is 45.6. The zero-order chi connectivity index (χ0) is 97.0. The monoisotopic (exact) mass is 1860 g/mol. The van der Waals surface area contributed by atoms with Crippen molar-refractivity contribution < 1.29 is 51.9 Å². The van der Waals surface area contributed by atoms with E-state index < -0.39 is 23.3 Å². The van der Waals surface area contributed by atoms with Gasteiger partial charge in [0.1, 0.15) is 94.6 Å². The number of anilines is 5. The Hall–Kier alpha value is -13.2. The molecule has 0 radical (unpaired) electrons. The molecule has 10 aromatic rings. The number of nitrogens with zero attached hydrogens (tertiary/aromatic N) is 15. The summed E-state index contributed by atoms with van der Waals surface area (Å²) in [5.41, 5.74) is 6.23. The molecule has 5 amide bonds. The molecule has 136 heavy (non-hydrogen) atoms.